The highest BCUT2D eigenvalue weighted by molar-refractivity contribution is 5.64. The summed E-state index contributed by atoms with van der Waals surface area (Å²) in [5.41, 5.74) is 2.90. The monoisotopic (exact) mass is 492 g/mol. The minimum absolute atomic E-state index is 0.0847. The molecule has 0 radical (unpaired) electrons. The van der Waals surface area contributed by atoms with Crippen molar-refractivity contribution in [2.45, 2.75) is 84.2 Å². The van der Waals surface area contributed by atoms with Crippen molar-refractivity contribution >= 4 is 0 Å². The number of hydrogen-bond acceptors (Lipinski definition) is 4. The van der Waals surface area contributed by atoms with E-state index in [-0.39, 0.29) is 6.61 Å². The molecule has 1 aromatic heterocycles. The van der Waals surface area contributed by atoms with Crippen LogP contribution in [0.25, 0.3) is 22.5 Å². The maximum Gasteiger partial charge on any atom is 0.159 e. The zero-order valence-corrected chi connectivity index (χ0v) is 21.9. The predicted octanol–water partition coefficient (Wildman–Crippen LogP) is 8.85. The number of nitrogens with zero attached hydrogens (tertiary/aromatic N) is 2. The normalized spacial score (nSPS) is 11.9. The summed E-state index contributed by atoms with van der Waals surface area (Å²) in [6.07, 6.45) is 14.5. The van der Waals surface area contributed by atoms with Crippen molar-refractivity contribution in [3.05, 3.63) is 60.9 Å². The molecule has 0 bridgehead atoms. The molecule has 2 aromatic carbocycles. The fraction of sp³-hybridized carbons (Fsp3) is 0.484. The zero-order valence-electron chi connectivity index (χ0n) is 21.9. The average molecular weight is 493 g/mol. The molecule has 3 rings (SSSR count). The van der Waals surface area contributed by atoms with Crippen molar-refractivity contribution in [3.8, 4) is 34.0 Å². The van der Waals surface area contributed by atoms with Gasteiger partial charge in [0.1, 0.15) is 24.3 Å². The van der Waals surface area contributed by atoms with Crippen LogP contribution >= 0.6 is 0 Å². The quantitative estimate of drug-likeness (QED) is 0.177. The molecule has 3 aromatic rings. The number of aromatic nitrogens is 2. The Kier molecular flexibility index (Phi) is 12.2. The van der Waals surface area contributed by atoms with Crippen molar-refractivity contribution in [1.82, 2.24) is 9.97 Å². The number of benzene rings is 2. The van der Waals surface area contributed by atoms with E-state index >= 15 is 0 Å². The number of hydrogen-bond donors (Lipinski definition) is 0. The summed E-state index contributed by atoms with van der Waals surface area (Å²) >= 11 is 0. The molecule has 0 saturated heterocycles. The van der Waals surface area contributed by atoms with Crippen LogP contribution in [0, 0.1) is 0 Å². The van der Waals surface area contributed by atoms with Crippen LogP contribution in [0.4, 0.5) is 4.39 Å². The van der Waals surface area contributed by atoms with E-state index in [0.717, 1.165) is 41.9 Å². The van der Waals surface area contributed by atoms with Gasteiger partial charge in [0.25, 0.3) is 0 Å². The SMILES string of the molecule is CCCCCCCCCCOc1ccc(-c2cnc(-c3ccc(OCC(F)CCC)cc3)nc2)cc1. The lowest BCUT2D eigenvalue weighted by atomic mass is 10.1. The summed E-state index contributed by atoms with van der Waals surface area (Å²) < 4.78 is 25.1. The molecule has 0 aliphatic heterocycles. The van der Waals surface area contributed by atoms with E-state index in [4.69, 9.17) is 9.47 Å². The molecule has 1 heterocycles. The van der Waals surface area contributed by atoms with Crippen LogP contribution in [0.3, 0.4) is 0 Å². The van der Waals surface area contributed by atoms with E-state index in [1.165, 1.54) is 44.9 Å². The summed E-state index contributed by atoms with van der Waals surface area (Å²) in [5.74, 6) is 2.19. The highest BCUT2D eigenvalue weighted by Crippen LogP contribution is 2.24. The van der Waals surface area contributed by atoms with E-state index in [1.807, 2.05) is 67.8 Å². The molecule has 0 N–H and O–H groups in total. The summed E-state index contributed by atoms with van der Waals surface area (Å²) in [5, 5.41) is 0. The third kappa shape index (κ3) is 9.60. The van der Waals surface area contributed by atoms with Crippen molar-refractivity contribution in [2.24, 2.45) is 0 Å². The molecule has 0 aliphatic rings. The van der Waals surface area contributed by atoms with Gasteiger partial charge in [-0.2, -0.15) is 0 Å². The molecular weight excluding hydrogens is 451 g/mol. The summed E-state index contributed by atoms with van der Waals surface area (Å²) in [7, 11) is 0. The van der Waals surface area contributed by atoms with Crippen molar-refractivity contribution < 1.29 is 13.9 Å². The predicted molar refractivity (Wildman–Crippen MR) is 146 cm³/mol. The number of unbranched alkanes of at least 4 members (excludes halogenated alkanes) is 7. The first kappa shape index (κ1) is 27.6. The standard InChI is InChI=1S/C31H41FN2O2/c1-3-5-6-7-8-9-10-11-21-35-29-17-13-25(14-18-29)27-22-33-31(34-23-27)26-15-19-30(20-16-26)36-24-28(32)12-4-2/h13-20,22-23,28H,3-12,21,24H2,1-2H3. The zero-order chi connectivity index (χ0) is 25.4. The second kappa shape index (κ2) is 15.9. The summed E-state index contributed by atoms with van der Waals surface area (Å²) in [6.45, 7) is 5.08. The van der Waals surface area contributed by atoms with Gasteiger partial charge in [-0.1, -0.05) is 77.3 Å². The molecule has 0 aliphatic carbocycles. The Bertz CT molecular complexity index is 975. The molecule has 1 unspecified atom stereocenters. The van der Waals surface area contributed by atoms with Crippen molar-refractivity contribution in [3.63, 3.8) is 0 Å². The van der Waals surface area contributed by atoms with Crippen molar-refractivity contribution in [2.75, 3.05) is 13.2 Å². The lowest BCUT2D eigenvalue weighted by molar-refractivity contribution is 0.186. The largest absolute Gasteiger partial charge is 0.494 e. The van der Waals surface area contributed by atoms with Crippen LogP contribution in [0.15, 0.2) is 60.9 Å². The lowest BCUT2D eigenvalue weighted by Gasteiger charge is -2.10. The number of rotatable bonds is 17. The number of halogens is 1. The van der Waals surface area contributed by atoms with Gasteiger partial charge in [0.05, 0.1) is 6.61 Å². The minimum atomic E-state index is -0.930. The van der Waals surface area contributed by atoms with E-state index < -0.39 is 6.17 Å². The molecule has 4 nitrogen and oxygen atoms in total. The Morgan fingerprint density at radius 1 is 0.639 bits per heavy atom. The number of ether oxygens (including phenoxy) is 2. The molecule has 194 valence electrons. The van der Waals surface area contributed by atoms with Crippen LogP contribution in [0.1, 0.15) is 78.1 Å². The molecular formula is C31H41FN2O2. The smallest absolute Gasteiger partial charge is 0.159 e. The molecule has 1 atom stereocenters. The van der Waals surface area contributed by atoms with Gasteiger partial charge in [0, 0.05) is 23.5 Å². The Hall–Kier alpha value is -2.95. The number of alkyl halides is 1. The third-order valence-corrected chi connectivity index (χ3v) is 6.25. The van der Waals surface area contributed by atoms with Gasteiger partial charge in [-0.05, 0) is 54.8 Å². The highest BCUT2D eigenvalue weighted by atomic mass is 19.1. The lowest BCUT2D eigenvalue weighted by Crippen LogP contribution is -2.12. The molecule has 36 heavy (non-hydrogen) atoms. The van der Waals surface area contributed by atoms with Gasteiger partial charge in [-0.15, -0.1) is 0 Å². The van der Waals surface area contributed by atoms with Gasteiger partial charge in [0.15, 0.2) is 5.82 Å². The van der Waals surface area contributed by atoms with Gasteiger partial charge in [-0.3, -0.25) is 0 Å². The van der Waals surface area contributed by atoms with Crippen molar-refractivity contribution in [1.29, 1.82) is 0 Å². The Morgan fingerprint density at radius 3 is 1.81 bits per heavy atom. The van der Waals surface area contributed by atoms with E-state index in [1.54, 1.807) is 0 Å². The van der Waals surface area contributed by atoms with Gasteiger partial charge in [-0.25, -0.2) is 14.4 Å². The Balaban J connectivity index is 1.42. The maximum absolute atomic E-state index is 13.6. The molecule has 0 spiro atoms. The van der Waals surface area contributed by atoms with E-state index in [2.05, 4.69) is 16.9 Å². The average Bonchev–Trinajstić information content (AvgIpc) is 2.92. The van der Waals surface area contributed by atoms with Crippen LogP contribution in [0.5, 0.6) is 11.5 Å². The topological polar surface area (TPSA) is 44.2 Å². The maximum atomic E-state index is 13.6. The second-order valence-electron chi connectivity index (χ2n) is 9.36. The first-order chi connectivity index (χ1) is 17.7. The molecule has 5 heteroatoms. The Labute approximate surface area is 216 Å². The highest BCUT2D eigenvalue weighted by Gasteiger charge is 2.08. The fourth-order valence-corrected chi connectivity index (χ4v) is 4.08. The van der Waals surface area contributed by atoms with Crippen LogP contribution in [0.2, 0.25) is 0 Å². The molecule has 0 fully saturated rings. The summed E-state index contributed by atoms with van der Waals surface area (Å²) in [4.78, 5) is 9.07. The second-order valence-corrected chi connectivity index (χ2v) is 9.36. The van der Waals surface area contributed by atoms with Crippen LogP contribution in [-0.2, 0) is 0 Å². The first-order valence-electron chi connectivity index (χ1n) is 13.6. The third-order valence-electron chi connectivity index (χ3n) is 6.25. The molecule has 0 amide bonds. The first-order valence-corrected chi connectivity index (χ1v) is 13.6. The summed E-state index contributed by atoms with van der Waals surface area (Å²) in [6, 6.07) is 15.6. The minimum Gasteiger partial charge on any atom is -0.494 e. The van der Waals surface area contributed by atoms with Gasteiger partial charge < -0.3 is 9.47 Å². The van der Waals surface area contributed by atoms with Gasteiger partial charge >= 0.3 is 0 Å². The van der Waals surface area contributed by atoms with E-state index in [0.29, 0.717) is 18.0 Å². The fourth-order valence-electron chi connectivity index (χ4n) is 4.08. The van der Waals surface area contributed by atoms with Gasteiger partial charge in [0.2, 0.25) is 0 Å². The van der Waals surface area contributed by atoms with E-state index in [9.17, 15) is 4.39 Å². The van der Waals surface area contributed by atoms with Crippen LogP contribution in [-0.4, -0.2) is 29.4 Å². The Morgan fingerprint density at radius 2 is 1.19 bits per heavy atom. The molecule has 0 saturated carbocycles. The van der Waals surface area contributed by atoms with Crippen LogP contribution < -0.4 is 9.47 Å².